The van der Waals surface area contributed by atoms with Crippen molar-refractivity contribution in [1.82, 2.24) is 10.2 Å². The van der Waals surface area contributed by atoms with Crippen molar-refractivity contribution < 1.29 is 9.53 Å². The van der Waals surface area contributed by atoms with Gasteiger partial charge in [0.2, 0.25) is 5.91 Å². The van der Waals surface area contributed by atoms with Gasteiger partial charge in [-0.25, -0.2) is 0 Å². The molecular weight excluding hydrogens is 276 g/mol. The fourth-order valence-corrected chi connectivity index (χ4v) is 2.86. The summed E-state index contributed by atoms with van der Waals surface area (Å²) in [5.74, 6) is 0.160. The topological polar surface area (TPSA) is 41.6 Å². The minimum Gasteiger partial charge on any atom is -0.379 e. The minimum atomic E-state index is 0.160. The predicted molar refractivity (Wildman–Crippen MR) is 88.8 cm³/mol. The molecule has 0 saturated carbocycles. The van der Waals surface area contributed by atoms with Crippen LogP contribution in [0.4, 0.5) is 0 Å². The normalized spacial score (nSPS) is 17.2. The maximum absolute atomic E-state index is 11.9. The summed E-state index contributed by atoms with van der Waals surface area (Å²) >= 11 is 0. The molecule has 0 bridgehead atoms. The first-order chi connectivity index (χ1) is 10.7. The molecule has 0 spiro atoms. The SMILES string of the molecule is CCCCC(=O)NCC(c1cccc(C)c1)N1CCOCC1. The van der Waals surface area contributed by atoms with Crippen LogP contribution >= 0.6 is 0 Å². The van der Waals surface area contributed by atoms with E-state index < -0.39 is 0 Å². The standard InChI is InChI=1S/C18H28N2O2/c1-3-4-8-18(21)19-14-17(20-9-11-22-12-10-20)16-7-5-6-15(2)13-16/h5-7,13,17H,3-4,8-12,14H2,1-2H3,(H,19,21). The van der Waals surface area contributed by atoms with Gasteiger partial charge in [-0.05, 0) is 18.9 Å². The third kappa shape index (κ3) is 5.11. The van der Waals surface area contributed by atoms with E-state index in [0.717, 1.165) is 39.1 Å². The number of rotatable bonds is 7. The van der Waals surface area contributed by atoms with E-state index in [2.05, 4.69) is 48.3 Å². The lowest BCUT2D eigenvalue weighted by molar-refractivity contribution is -0.121. The van der Waals surface area contributed by atoms with Crippen molar-refractivity contribution in [3.63, 3.8) is 0 Å². The summed E-state index contributed by atoms with van der Waals surface area (Å²) in [5, 5.41) is 3.11. The van der Waals surface area contributed by atoms with Gasteiger partial charge in [0.25, 0.3) is 0 Å². The van der Waals surface area contributed by atoms with Crippen LogP contribution in [-0.4, -0.2) is 43.7 Å². The van der Waals surface area contributed by atoms with Crippen molar-refractivity contribution in [1.29, 1.82) is 0 Å². The fraction of sp³-hybridized carbons (Fsp3) is 0.611. The van der Waals surface area contributed by atoms with E-state index in [0.29, 0.717) is 13.0 Å². The third-order valence-corrected chi connectivity index (χ3v) is 4.16. The summed E-state index contributed by atoms with van der Waals surface area (Å²) in [5.41, 5.74) is 2.53. The molecule has 0 aliphatic carbocycles. The highest BCUT2D eigenvalue weighted by atomic mass is 16.5. The summed E-state index contributed by atoms with van der Waals surface area (Å²) < 4.78 is 5.46. The second-order valence-corrected chi connectivity index (χ2v) is 5.99. The van der Waals surface area contributed by atoms with Crippen LogP contribution in [0.3, 0.4) is 0 Å². The Balaban J connectivity index is 2.03. The van der Waals surface area contributed by atoms with Gasteiger partial charge in [-0.3, -0.25) is 9.69 Å². The van der Waals surface area contributed by atoms with E-state index in [1.807, 2.05) is 0 Å². The summed E-state index contributed by atoms with van der Waals surface area (Å²) in [6.45, 7) is 8.27. The molecule has 1 amide bonds. The molecule has 0 aromatic heterocycles. The Morgan fingerprint density at radius 3 is 2.82 bits per heavy atom. The zero-order chi connectivity index (χ0) is 15.8. The number of ether oxygens (including phenoxy) is 1. The van der Waals surface area contributed by atoms with Crippen LogP contribution in [0.1, 0.15) is 43.4 Å². The Morgan fingerprint density at radius 1 is 1.36 bits per heavy atom. The van der Waals surface area contributed by atoms with Crippen LogP contribution < -0.4 is 5.32 Å². The van der Waals surface area contributed by atoms with Gasteiger partial charge in [0.05, 0.1) is 19.3 Å². The van der Waals surface area contributed by atoms with Crippen LogP contribution in [0.15, 0.2) is 24.3 Å². The maximum atomic E-state index is 11.9. The maximum Gasteiger partial charge on any atom is 0.220 e. The Labute approximate surface area is 133 Å². The van der Waals surface area contributed by atoms with Crippen LogP contribution in [0.25, 0.3) is 0 Å². The molecular formula is C18H28N2O2. The average Bonchev–Trinajstić information content (AvgIpc) is 2.54. The number of aryl methyl sites for hydroxylation is 1. The molecule has 1 unspecified atom stereocenters. The molecule has 22 heavy (non-hydrogen) atoms. The third-order valence-electron chi connectivity index (χ3n) is 4.16. The molecule has 122 valence electrons. The van der Waals surface area contributed by atoms with Crippen molar-refractivity contribution in [2.45, 2.75) is 39.2 Å². The first-order valence-corrected chi connectivity index (χ1v) is 8.35. The highest BCUT2D eigenvalue weighted by molar-refractivity contribution is 5.75. The van der Waals surface area contributed by atoms with E-state index in [9.17, 15) is 4.79 Å². The number of amides is 1. The quantitative estimate of drug-likeness (QED) is 0.842. The van der Waals surface area contributed by atoms with E-state index in [-0.39, 0.29) is 11.9 Å². The number of morpholine rings is 1. The molecule has 4 nitrogen and oxygen atoms in total. The largest absolute Gasteiger partial charge is 0.379 e. The van der Waals surface area contributed by atoms with Gasteiger partial charge in [-0.1, -0.05) is 43.2 Å². The lowest BCUT2D eigenvalue weighted by Crippen LogP contribution is -2.43. The summed E-state index contributed by atoms with van der Waals surface area (Å²) in [6, 6.07) is 8.81. The average molecular weight is 304 g/mol. The number of carbonyl (C=O) groups is 1. The number of benzene rings is 1. The molecule has 1 atom stereocenters. The van der Waals surface area contributed by atoms with Crippen LogP contribution in [-0.2, 0) is 9.53 Å². The lowest BCUT2D eigenvalue weighted by atomic mass is 10.0. The Bertz CT molecular complexity index is 470. The molecule has 2 rings (SSSR count). The molecule has 1 aliphatic rings. The minimum absolute atomic E-state index is 0.160. The van der Waals surface area contributed by atoms with Crippen molar-refractivity contribution in [2.24, 2.45) is 0 Å². The fourth-order valence-electron chi connectivity index (χ4n) is 2.86. The highest BCUT2D eigenvalue weighted by Gasteiger charge is 2.23. The van der Waals surface area contributed by atoms with E-state index in [4.69, 9.17) is 4.74 Å². The van der Waals surface area contributed by atoms with E-state index >= 15 is 0 Å². The molecule has 1 aromatic carbocycles. The molecule has 1 fully saturated rings. The summed E-state index contributed by atoms with van der Waals surface area (Å²) in [6.07, 6.45) is 2.64. The number of carbonyl (C=O) groups excluding carboxylic acids is 1. The molecule has 1 aliphatic heterocycles. The first-order valence-electron chi connectivity index (χ1n) is 8.35. The first kappa shape index (κ1) is 17.0. The van der Waals surface area contributed by atoms with Gasteiger partial charge in [-0.15, -0.1) is 0 Å². The van der Waals surface area contributed by atoms with Gasteiger partial charge in [0.1, 0.15) is 0 Å². The number of unbranched alkanes of at least 4 members (excludes halogenated alkanes) is 1. The second kappa shape index (κ2) is 8.91. The number of hydrogen-bond acceptors (Lipinski definition) is 3. The monoisotopic (exact) mass is 304 g/mol. The molecule has 1 heterocycles. The summed E-state index contributed by atoms with van der Waals surface area (Å²) in [7, 11) is 0. The van der Waals surface area contributed by atoms with Crippen molar-refractivity contribution in [3.8, 4) is 0 Å². The van der Waals surface area contributed by atoms with Crippen LogP contribution in [0.2, 0.25) is 0 Å². The number of hydrogen-bond donors (Lipinski definition) is 1. The molecule has 1 N–H and O–H groups in total. The van der Waals surface area contributed by atoms with Crippen molar-refractivity contribution >= 4 is 5.91 Å². The van der Waals surface area contributed by atoms with Gasteiger partial charge < -0.3 is 10.1 Å². The predicted octanol–water partition coefficient (Wildman–Crippen LogP) is 2.67. The lowest BCUT2D eigenvalue weighted by Gasteiger charge is -2.35. The van der Waals surface area contributed by atoms with Gasteiger partial charge in [0.15, 0.2) is 0 Å². The molecule has 1 saturated heterocycles. The van der Waals surface area contributed by atoms with Crippen LogP contribution in [0, 0.1) is 6.92 Å². The molecule has 4 heteroatoms. The zero-order valence-electron chi connectivity index (χ0n) is 13.8. The Kier molecular flexibility index (Phi) is 6.87. The van der Waals surface area contributed by atoms with Crippen LogP contribution in [0.5, 0.6) is 0 Å². The molecule has 0 radical (unpaired) electrons. The molecule has 1 aromatic rings. The Morgan fingerprint density at radius 2 is 2.14 bits per heavy atom. The smallest absolute Gasteiger partial charge is 0.220 e. The number of nitrogens with one attached hydrogen (secondary N) is 1. The highest BCUT2D eigenvalue weighted by Crippen LogP contribution is 2.22. The van der Waals surface area contributed by atoms with Gasteiger partial charge in [-0.2, -0.15) is 0 Å². The van der Waals surface area contributed by atoms with E-state index in [1.54, 1.807) is 0 Å². The van der Waals surface area contributed by atoms with Crippen molar-refractivity contribution in [2.75, 3.05) is 32.8 Å². The van der Waals surface area contributed by atoms with Gasteiger partial charge >= 0.3 is 0 Å². The Hall–Kier alpha value is -1.39. The second-order valence-electron chi connectivity index (χ2n) is 5.99. The zero-order valence-corrected chi connectivity index (χ0v) is 13.8. The van der Waals surface area contributed by atoms with Crippen molar-refractivity contribution in [3.05, 3.63) is 35.4 Å². The number of nitrogens with zero attached hydrogens (tertiary/aromatic N) is 1. The van der Waals surface area contributed by atoms with E-state index in [1.165, 1.54) is 11.1 Å². The van der Waals surface area contributed by atoms with Gasteiger partial charge in [0, 0.05) is 26.1 Å². The summed E-state index contributed by atoms with van der Waals surface area (Å²) in [4.78, 5) is 14.3.